The Labute approximate surface area is 159 Å². The van der Waals surface area contributed by atoms with Crippen molar-refractivity contribution in [3.05, 3.63) is 64.7 Å². The standard InChI is InChI=1S/C22H24ClNO2/c1-26-20(25)22(24-18-7-4-6-17(23)15-18)13-11-21(12-14-22)10-9-16-5-2-3-8-19(16)21/h2-8,15,24H,9-14H2,1H3. The maximum absolute atomic E-state index is 12.7. The third-order valence-electron chi connectivity index (χ3n) is 6.31. The molecule has 0 aliphatic heterocycles. The molecule has 2 aliphatic rings. The topological polar surface area (TPSA) is 38.3 Å². The largest absolute Gasteiger partial charge is 0.467 e. The highest BCUT2D eigenvalue weighted by molar-refractivity contribution is 6.30. The summed E-state index contributed by atoms with van der Waals surface area (Å²) in [4.78, 5) is 12.7. The van der Waals surface area contributed by atoms with Gasteiger partial charge < -0.3 is 10.1 Å². The molecule has 0 bridgehead atoms. The van der Waals surface area contributed by atoms with Crippen LogP contribution in [0, 0.1) is 0 Å². The molecule has 1 spiro atoms. The highest BCUT2D eigenvalue weighted by Gasteiger charge is 2.50. The van der Waals surface area contributed by atoms with Gasteiger partial charge >= 0.3 is 5.97 Å². The zero-order valence-corrected chi connectivity index (χ0v) is 15.8. The van der Waals surface area contributed by atoms with Crippen LogP contribution in [0.25, 0.3) is 0 Å². The van der Waals surface area contributed by atoms with Crippen LogP contribution in [0.2, 0.25) is 5.02 Å². The molecule has 136 valence electrons. The van der Waals surface area contributed by atoms with Crippen molar-refractivity contribution in [1.29, 1.82) is 0 Å². The Bertz CT molecular complexity index is 824. The van der Waals surface area contributed by atoms with Gasteiger partial charge in [-0.2, -0.15) is 0 Å². The van der Waals surface area contributed by atoms with Crippen LogP contribution in [-0.4, -0.2) is 18.6 Å². The van der Waals surface area contributed by atoms with E-state index in [1.807, 2.05) is 24.3 Å². The second kappa shape index (κ2) is 6.62. The lowest BCUT2D eigenvalue weighted by Gasteiger charge is -2.44. The third-order valence-corrected chi connectivity index (χ3v) is 6.54. The first-order valence-corrected chi connectivity index (χ1v) is 9.65. The van der Waals surface area contributed by atoms with Crippen molar-refractivity contribution in [2.45, 2.75) is 49.5 Å². The van der Waals surface area contributed by atoms with Crippen molar-refractivity contribution < 1.29 is 9.53 Å². The number of esters is 1. The van der Waals surface area contributed by atoms with Gasteiger partial charge in [0.1, 0.15) is 5.54 Å². The Kier molecular flexibility index (Phi) is 4.44. The molecular formula is C22H24ClNO2. The van der Waals surface area contributed by atoms with Gasteiger partial charge in [0.05, 0.1) is 7.11 Å². The minimum Gasteiger partial charge on any atom is -0.467 e. The van der Waals surface area contributed by atoms with Gasteiger partial charge in [0.2, 0.25) is 0 Å². The lowest BCUT2D eigenvalue weighted by atomic mass is 9.64. The van der Waals surface area contributed by atoms with E-state index in [0.29, 0.717) is 5.02 Å². The van der Waals surface area contributed by atoms with E-state index in [-0.39, 0.29) is 11.4 Å². The molecule has 0 amide bonds. The zero-order chi connectivity index (χ0) is 18.2. The number of hydrogen-bond donors (Lipinski definition) is 1. The average molecular weight is 370 g/mol. The first-order chi connectivity index (χ1) is 12.6. The zero-order valence-electron chi connectivity index (χ0n) is 15.1. The fourth-order valence-corrected chi connectivity index (χ4v) is 5.05. The summed E-state index contributed by atoms with van der Waals surface area (Å²) in [6.45, 7) is 0. The van der Waals surface area contributed by atoms with Gasteiger partial charge in [0.15, 0.2) is 0 Å². The van der Waals surface area contributed by atoms with Crippen molar-refractivity contribution in [2.24, 2.45) is 0 Å². The van der Waals surface area contributed by atoms with Crippen LogP contribution in [0.5, 0.6) is 0 Å². The minimum atomic E-state index is -0.678. The third kappa shape index (κ3) is 2.88. The summed E-state index contributed by atoms with van der Waals surface area (Å²) in [6, 6.07) is 16.3. The molecule has 26 heavy (non-hydrogen) atoms. The Morgan fingerprint density at radius 2 is 1.81 bits per heavy atom. The normalized spacial score (nSPS) is 27.2. The van der Waals surface area contributed by atoms with Gasteiger partial charge in [-0.1, -0.05) is 41.9 Å². The van der Waals surface area contributed by atoms with Crippen LogP contribution in [0.15, 0.2) is 48.5 Å². The van der Waals surface area contributed by atoms with Crippen LogP contribution >= 0.6 is 11.6 Å². The molecule has 3 nitrogen and oxygen atoms in total. The first kappa shape index (κ1) is 17.4. The SMILES string of the molecule is COC(=O)C1(Nc2cccc(Cl)c2)CCC2(CCc3ccccc32)CC1. The van der Waals surface area contributed by atoms with Gasteiger partial charge in [0.25, 0.3) is 0 Å². The predicted octanol–water partition coefficient (Wildman–Crippen LogP) is 5.12. The number of ether oxygens (including phenoxy) is 1. The van der Waals surface area contributed by atoms with Crippen LogP contribution in [0.3, 0.4) is 0 Å². The minimum absolute atomic E-state index is 0.182. The molecule has 1 saturated carbocycles. The lowest BCUT2D eigenvalue weighted by Crippen LogP contribution is -2.52. The maximum atomic E-state index is 12.7. The molecular weight excluding hydrogens is 346 g/mol. The Morgan fingerprint density at radius 3 is 2.54 bits per heavy atom. The molecule has 0 atom stereocenters. The number of halogens is 1. The van der Waals surface area contributed by atoms with E-state index in [2.05, 4.69) is 29.6 Å². The summed E-state index contributed by atoms with van der Waals surface area (Å²) in [5.41, 5.74) is 3.36. The lowest BCUT2D eigenvalue weighted by molar-refractivity contribution is -0.147. The van der Waals surface area contributed by atoms with Crippen LogP contribution in [0.4, 0.5) is 5.69 Å². The smallest absolute Gasteiger partial charge is 0.331 e. The molecule has 0 aromatic heterocycles. The highest BCUT2D eigenvalue weighted by atomic mass is 35.5. The highest BCUT2D eigenvalue weighted by Crippen LogP contribution is 2.51. The summed E-state index contributed by atoms with van der Waals surface area (Å²) in [6.07, 6.45) is 5.84. The van der Waals surface area contributed by atoms with Gasteiger partial charge in [-0.25, -0.2) is 4.79 Å². The monoisotopic (exact) mass is 369 g/mol. The van der Waals surface area contributed by atoms with Gasteiger partial charge in [-0.05, 0) is 73.3 Å². The van der Waals surface area contributed by atoms with E-state index in [1.165, 1.54) is 24.7 Å². The summed E-state index contributed by atoms with van der Waals surface area (Å²) < 4.78 is 5.18. The Balaban J connectivity index is 1.60. The molecule has 2 aromatic rings. The van der Waals surface area contributed by atoms with E-state index < -0.39 is 5.54 Å². The molecule has 1 N–H and O–H groups in total. The second-order valence-corrected chi connectivity index (χ2v) is 8.08. The molecule has 0 heterocycles. The maximum Gasteiger partial charge on any atom is 0.331 e. The van der Waals surface area contributed by atoms with Crippen molar-refractivity contribution in [3.8, 4) is 0 Å². The van der Waals surface area contributed by atoms with E-state index in [9.17, 15) is 4.79 Å². The summed E-state index contributed by atoms with van der Waals surface area (Å²) in [5.74, 6) is -0.182. The summed E-state index contributed by atoms with van der Waals surface area (Å²) >= 11 is 6.12. The Morgan fingerprint density at radius 1 is 1.04 bits per heavy atom. The van der Waals surface area contributed by atoms with Gasteiger partial charge in [-0.3, -0.25) is 0 Å². The number of aryl methyl sites for hydroxylation is 1. The van der Waals surface area contributed by atoms with E-state index in [4.69, 9.17) is 16.3 Å². The number of hydrogen-bond acceptors (Lipinski definition) is 3. The number of anilines is 1. The van der Waals surface area contributed by atoms with Crippen molar-refractivity contribution in [1.82, 2.24) is 0 Å². The molecule has 2 aromatic carbocycles. The van der Waals surface area contributed by atoms with Gasteiger partial charge in [0, 0.05) is 10.7 Å². The molecule has 0 unspecified atom stereocenters. The molecule has 0 radical (unpaired) electrons. The number of rotatable bonds is 3. The Hall–Kier alpha value is -2.00. The van der Waals surface area contributed by atoms with Crippen molar-refractivity contribution in [2.75, 3.05) is 12.4 Å². The molecule has 4 rings (SSSR count). The summed E-state index contributed by atoms with van der Waals surface area (Å²) in [5, 5.41) is 4.12. The molecule has 2 aliphatic carbocycles. The van der Waals surface area contributed by atoms with Gasteiger partial charge in [-0.15, -0.1) is 0 Å². The first-order valence-electron chi connectivity index (χ1n) is 9.28. The van der Waals surface area contributed by atoms with E-state index in [0.717, 1.165) is 37.8 Å². The number of nitrogens with one attached hydrogen (secondary N) is 1. The van der Waals surface area contributed by atoms with E-state index >= 15 is 0 Å². The number of carbonyl (C=O) groups excluding carboxylic acids is 1. The number of benzene rings is 2. The molecule has 4 heteroatoms. The quantitative estimate of drug-likeness (QED) is 0.763. The second-order valence-electron chi connectivity index (χ2n) is 7.65. The molecule has 0 saturated heterocycles. The fraction of sp³-hybridized carbons (Fsp3) is 0.409. The van der Waals surface area contributed by atoms with E-state index in [1.54, 1.807) is 0 Å². The number of fused-ring (bicyclic) bond motifs is 2. The summed E-state index contributed by atoms with van der Waals surface area (Å²) in [7, 11) is 1.47. The fourth-order valence-electron chi connectivity index (χ4n) is 4.86. The van der Waals surface area contributed by atoms with Crippen LogP contribution < -0.4 is 5.32 Å². The predicted molar refractivity (Wildman–Crippen MR) is 105 cm³/mol. The van der Waals surface area contributed by atoms with Crippen LogP contribution in [0.1, 0.15) is 43.2 Å². The number of carbonyl (C=O) groups is 1. The average Bonchev–Trinajstić information content (AvgIpc) is 3.02. The molecule has 1 fully saturated rings. The van der Waals surface area contributed by atoms with Crippen LogP contribution in [-0.2, 0) is 21.4 Å². The van der Waals surface area contributed by atoms with Crippen molar-refractivity contribution in [3.63, 3.8) is 0 Å². The number of methoxy groups -OCH3 is 1. The van der Waals surface area contributed by atoms with Crippen molar-refractivity contribution >= 4 is 23.3 Å².